The van der Waals surface area contributed by atoms with Gasteiger partial charge in [-0.25, -0.2) is 0 Å². The van der Waals surface area contributed by atoms with E-state index in [2.05, 4.69) is 24.4 Å². The molecule has 1 N–H and O–H groups in total. The van der Waals surface area contributed by atoms with Crippen molar-refractivity contribution < 1.29 is 4.79 Å². The largest absolute Gasteiger partial charge is 0.354 e. The highest BCUT2D eigenvalue weighted by Gasteiger charge is 2.06. The Morgan fingerprint density at radius 3 is 3.00 bits per heavy atom. The summed E-state index contributed by atoms with van der Waals surface area (Å²) in [7, 11) is 0. The van der Waals surface area contributed by atoms with E-state index in [9.17, 15) is 4.79 Å². The maximum Gasteiger partial charge on any atom is 0.220 e. The molecule has 1 rings (SSSR count). The predicted octanol–water partition coefficient (Wildman–Crippen LogP) is 1.62. The lowest BCUT2D eigenvalue weighted by atomic mass is 10.2. The van der Waals surface area contributed by atoms with Crippen LogP contribution in [0.1, 0.15) is 32.6 Å². The van der Waals surface area contributed by atoms with Gasteiger partial charge in [-0.3, -0.25) is 4.79 Å². The van der Waals surface area contributed by atoms with Gasteiger partial charge in [0.15, 0.2) is 0 Å². The highest BCUT2D eigenvalue weighted by atomic mass is 16.1. The molecule has 0 aromatic heterocycles. The van der Waals surface area contributed by atoms with Gasteiger partial charge < -0.3 is 5.32 Å². The van der Waals surface area contributed by atoms with Crippen LogP contribution in [0.15, 0.2) is 12.2 Å². The molecule has 1 heterocycles. The van der Waals surface area contributed by atoms with Crippen LogP contribution in [-0.2, 0) is 4.79 Å². The van der Waals surface area contributed by atoms with Crippen LogP contribution in [0.4, 0.5) is 0 Å². The lowest BCUT2D eigenvalue weighted by Gasteiger charge is -2.10. The van der Waals surface area contributed by atoms with Crippen LogP contribution in [0, 0.1) is 0 Å². The molecule has 1 aliphatic rings. The minimum Gasteiger partial charge on any atom is -0.354 e. The van der Waals surface area contributed by atoms with E-state index in [0.29, 0.717) is 12.5 Å². The quantitative estimate of drug-likeness (QED) is 0.526. The maximum atomic E-state index is 11.1. The lowest BCUT2D eigenvalue weighted by Crippen LogP contribution is -2.31. The van der Waals surface area contributed by atoms with Crippen LogP contribution >= 0.6 is 0 Å². The maximum absolute atomic E-state index is 11.1. The summed E-state index contributed by atoms with van der Waals surface area (Å²) in [5.74, 6) is 0.184. The molecule has 0 aliphatic carbocycles. The summed E-state index contributed by atoms with van der Waals surface area (Å²) in [6.45, 7) is 2.05. The van der Waals surface area contributed by atoms with Crippen molar-refractivity contribution in [2.45, 2.75) is 38.6 Å². The molecule has 1 atom stereocenters. The molecule has 1 aliphatic heterocycles. The smallest absolute Gasteiger partial charge is 0.220 e. The van der Waals surface area contributed by atoms with E-state index in [0.717, 1.165) is 19.3 Å². The van der Waals surface area contributed by atoms with E-state index >= 15 is 0 Å². The van der Waals surface area contributed by atoms with Crippen molar-refractivity contribution in [1.29, 1.82) is 0 Å². The third kappa shape index (κ3) is 3.21. The molecule has 62 valence electrons. The third-order valence-corrected chi connectivity index (χ3v) is 1.88. The van der Waals surface area contributed by atoms with Crippen molar-refractivity contribution in [3.8, 4) is 0 Å². The number of hydrogen-bond donors (Lipinski definition) is 1. The first-order valence-electron chi connectivity index (χ1n) is 4.23. The molecule has 1 amide bonds. The zero-order valence-electron chi connectivity index (χ0n) is 6.97. The number of amides is 1. The number of allylic oxidation sites excluding steroid dienone is 2. The number of carbonyl (C=O) groups is 1. The molecule has 2 heteroatoms. The predicted molar refractivity (Wildman–Crippen MR) is 45.2 cm³/mol. The van der Waals surface area contributed by atoms with Gasteiger partial charge in [-0.1, -0.05) is 12.2 Å². The average Bonchev–Trinajstić information content (AvgIpc) is 2.02. The van der Waals surface area contributed by atoms with E-state index in [1.165, 1.54) is 0 Å². The molecule has 0 saturated carbocycles. The molecule has 0 bridgehead atoms. The highest BCUT2D eigenvalue weighted by molar-refractivity contribution is 5.76. The van der Waals surface area contributed by atoms with E-state index in [4.69, 9.17) is 0 Å². The van der Waals surface area contributed by atoms with Gasteiger partial charge in [-0.2, -0.15) is 0 Å². The normalized spacial score (nSPS) is 26.6. The van der Waals surface area contributed by atoms with Gasteiger partial charge in [-0.15, -0.1) is 0 Å². The minimum atomic E-state index is 0.184. The van der Waals surface area contributed by atoms with Crippen LogP contribution in [-0.4, -0.2) is 11.9 Å². The van der Waals surface area contributed by atoms with Crippen molar-refractivity contribution in [2.24, 2.45) is 0 Å². The molecule has 0 saturated heterocycles. The SMILES string of the molecule is CC1CCC=CCCC(=O)N1. The first-order valence-corrected chi connectivity index (χ1v) is 4.23. The standard InChI is InChI=1S/C9H15NO/c1-8-6-4-2-3-5-7-9(11)10-8/h2-3,8H,4-7H2,1H3,(H,10,11). The van der Waals surface area contributed by atoms with Crippen molar-refractivity contribution in [2.75, 3.05) is 0 Å². The zero-order chi connectivity index (χ0) is 8.10. The summed E-state index contributed by atoms with van der Waals surface area (Å²) in [6.07, 6.45) is 7.93. The Bertz CT molecular complexity index is 163. The molecule has 11 heavy (non-hydrogen) atoms. The zero-order valence-corrected chi connectivity index (χ0v) is 6.97. The van der Waals surface area contributed by atoms with E-state index in [1.54, 1.807) is 0 Å². The Morgan fingerprint density at radius 1 is 1.45 bits per heavy atom. The number of nitrogens with one attached hydrogen (secondary N) is 1. The van der Waals surface area contributed by atoms with Crippen LogP contribution in [0.3, 0.4) is 0 Å². The molecule has 0 radical (unpaired) electrons. The summed E-state index contributed by atoms with van der Waals surface area (Å²) in [5.41, 5.74) is 0. The van der Waals surface area contributed by atoms with Gasteiger partial charge in [0, 0.05) is 12.5 Å². The van der Waals surface area contributed by atoms with E-state index in [-0.39, 0.29) is 5.91 Å². The molecule has 1 unspecified atom stereocenters. The van der Waals surface area contributed by atoms with Crippen molar-refractivity contribution in [3.05, 3.63) is 12.2 Å². The van der Waals surface area contributed by atoms with Gasteiger partial charge >= 0.3 is 0 Å². The van der Waals surface area contributed by atoms with Crippen LogP contribution < -0.4 is 5.32 Å². The molecule has 0 spiro atoms. The Kier molecular flexibility index (Phi) is 3.14. The summed E-state index contributed by atoms with van der Waals surface area (Å²) in [4.78, 5) is 11.1. The fourth-order valence-electron chi connectivity index (χ4n) is 1.22. The van der Waals surface area contributed by atoms with Crippen molar-refractivity contribution in [1.82, 2.24) is 5.32 Å². The summed E-state index contributed by atoms with van der Waals surface area (Å²) < 4.78 is 0. The van der Waals surface area contributed by atoms with Crippen molar-refractivity contribution in [3.63, 3.8) is 0 Å². The second-order valence-electron chi connectivity index (χ2n) is 3.06. The Labute approximate surface area is 67.7 Å². The van der Waals surface area contributed by atoms with Crippen LogP contribution in [0.5, 0.6) is 0 Å². The Morgan fingerprint density at radius 2 is 2.18 bits per heavy atom. The first kappa shape index (κ1) is 8.31. The second kappa shape index (κ2) is 4.16. The monoisotopic (exact) mass is 153 g/mol. The highest BCUT2D eigenvalue weighted by Crippen LogP contribution is 2.03. The second-order valence-corrected chi connectivity index (χ2v) is 3.06. The molecule has 2 nitrogen and oxygen atoms in total. The van der Waals surface area contributed by atoms with Gasteiger partial charge in [0.05, 0.1) is 0 Å². The van der Waals surface area contributed by atoms with Crippen LogP contribution in [0.25, 0.3) is 0 Å². The number of carbonyl (C=O) groups excluding carboxylic acids is 1. The Balaban J connectivity index is 2.43. The number of rotatable bonds is 0. The average molecular weight is 153 g/mol. The van der Waals surface area contributed by atoms with Gasteiger partial charge in [-0.05, 0) is 26.2 Å². The number of hydrogen-bond acceptors (Lipinski definition) is 1. The van der Waals surface area contributed by atoms with Gasteiger partial charge in [0.1, 0.15) is 0 Å². The third-order valence-electron chi connectivity index (χ3n) is 1.88. The van der Waals surface area contributed by atoms with Gasteiger partial charge in [0.25, 0.3) is 0 Å². The molecule has 0 fully saturated rings. The van der Waals surface area contributed by atoms with Crippen LogP contribution in [0.2, 0.25) is 0 Å². The van der Waals surface area contributed by atoms with Gasteiger partial charge in [0.2, 0.25) is 5.91 Å². The Hall–Kier alpha value is -0.790. The minimum absolute atomic E-state index is 0.184. The summed E-state index contributed by atoms with van der Waals surface area (Å²) >= 11 is 0. The molecular formula is C9H15NO. The lowest BCUT2D eigenvalue weighted by molar-refractivity contribution is -0.121. The fraction of sp³-hybridized carbons (Fsp3) is 0.667. The fourth-order valence-corrected chi connectivity index (χ4v) is 1.22. The van der Waals surface area contributed by atoms with E-state index < -0.39 is 0 Å². The molecular weight excluding hydrogens is 138 g/mol. The summed E-state index contributed by atoms with van der Waals surface area (Å²) in [5, 5.41) is 2.94. The van der Waals surface area contributed by atoms with E-state index in [1.807, 2.05) is 0 Å². The topological polar surface area (TPSA) is 29.1 Å². The van der Waals surface area contributed by atoms with Crippen molar-refractivity contribution >= 4 is 5.91 Å². The molecule has 0 aromatic carbocycles. The summed E-state index contributed by atoms with van der Waals surface area (Å²) in [6, 6.07) is 0.338. The molecule has 0 aromatic rings. The first-order chi connectivity index (χ1) is 5.29.